The van der Waals surface area contributed by atoms with Gasteiger partial charge in [-0.15, -0.1) is 0 Å². The van der Waals surface area contributed by atoms with E-state index in [1.54, 1.807) is 0 Å². The van der Waals surface area contributed by atoms with Gasteiger partial charge in [0.25, 0.3) is 0 Å². The predicted molar refractivity (Wildman–Crippen MR) is 55.8 cm³/mol. The summed E-state index contributed by atoms with van der Waals surface area (Å²) in [6.45, 7) is 1.08. The number of nitrogens with one attached hydrogen (secondary N) is 1. The van der Waals surface area contributed by atoms with Crippen molar-refractivity contribution in [2.24, 2.45) is 0 Å². The van der Waals surface area contributed by atoms with Gasteiger partial charge in [-0.2, -0.15) is 0 Å². The molecule has 3 N–H and O–H groups in total. The van der Waals surface area contributed by atoms with Crippen molar-refractivity contribution in [3.8, 4) is 0 Å². The molecule has 1 saturated heterocycles. The summed E-state index contributed by atoms with van der Waals surface area (Å²) in [6, 6.07) is 6.06. The molecule has 0 aliphatic carbocycles. The maximum Gasteiger partial charge on any atom is 0.0455 e. The first-order valence-electron chi connectivity index (χ1n) is 4.55. The van der Waals surface area contributed by atoms with Crippen LogP contribution in [0.1, 0.15) is 24.4 Å². The summed E-state index contributed by atoms with van der Waals surface area (Å²) in [5.74, 6) is 0. The summed E-state index contributed by atoms with van der Waals surface area (Å²) in [5.41, 5.74) is 7.63. The number of anilines is 1. The quantitative estimate of drug-likeness (QED) is 0.677. The molecule has 1 atom stereocenters. The minimum atomic E-state index is 0.399. The third-order valence-corrected chi connectivity index (χ3v) is 2.80. The van der Waals surface area contributed by atoms with Crippen LogP contribution < -0.4 is 11.1 Å². The second-order valence-corrected chi connectivity index (χ2v) is 3.84. The number of benzene rings is 1. The molecule has 1 fully saturated rings. The van der Waals surface area contributed by atoms with Crippen molar-refractivity contribution in [1.29, 1.82) is 0 Å². The van der Waals surface area contributed by atoms with E-state index in [-0.39, 0.29) is 0 Å². The Labute approximate surface area is 83.1 Å². The van der Waals surface area contributed by atoms with E-state index < -0.39 is 0 Å². The molecule has 0 bridgehead atoms. The third kappa shape index (κ3) is 1.79. The summed E-state index contributed by atoms with van der Waals surface area (Å²) in [4.78, 5) is 0. The molecule has 2 nitrogen and oxygen atoms in total. The molecular formula is C10H13ClN2. The van der Waals surface area contributed by atoms with E-state index in [1.165, 1.54) is 6.42 Å². The summed E-state index contributed by atoms with van der Waals surface area (Å²) in [6.07, 6.45) is 2.37. The SMILES string of the molecule is Nc1ccc(Cl)c([C@H]2CCCN2)c1. The highest BCUT2D eigenvalue weighted by Gasteiger charge is 2.18. The first-order chi connectivity index (χ1) is 6.27. The highest BCUT2D eigenvalue weighted by molar-refractivity contribution is 6.31. The van der Waals surface area contributed by atoms with Crippen molar-refractivity contribution < 1.29 is 0 Å². The van der Waals surface area contributed by atoms with Crippen LogP contribution in [0.25, 0.3) is 0 Å². The molecule has 2 rings (SSSR count). The van der Waals surface area contributed by atoms with Gasteiger partial charge >= 0.3 is 0 Å². The lowest BCUT2D eigenvalue weighted by Crippen LogP contribution is -2.13. The Balaban J connectivity index is 2.32. The van der Waals surface area contributed by atoms with Gasteiger partial charge < -0.3 is 11.1 Å². The van der Waals surface area contributed by atoms with Gasteiger partial charge in [0.15, 0.2) is 0 Å². The molecule has 1 aromatic rings. The zero-order valence-electron chi connectivity index (χ0n) is 7.39. The summed E-state index contributed by atoms with van der Waals surface area (Å²) >= 11 is 6.08. The van der Waals surface area contributed by atoms with Crippen LogP contribution >= 0.6 is 11.6 Å². The normalized spacial score (nSPS) is 22.1. The van der Waals surface area contributed by atoms with Gasteiger partial charge in [0.2, 0.25) is 0 Å². The van der Waals surface area contributed by atoms with Crippen LogP contribution in [-0.4, -0.2) is 6.54 Å². The number of hydrogen-bond donors (Lipinski definition) is 2. The number of halogens is 1. The van der Waals surface area contributed by atoms with Crippen LogP contribution in [-0.2, 0) is 0 Å². The Morgan fingerprint density at radius 1 is 1.46 bits per heavy atom. The zero-order chi connectivity index (χ0) is 9.26. The maximum absolute atomic E-state index is 6.08. The molecule has 1 aliphatic rings. The summed E-state index contributed by atoms with van der Waals surface area (Å²) < 4.78 is 0. The molecule has 0 amide bonds. The zero-order valence-corrected chi connectivity index (χ0v) is 8.14. The second kappa shape index (κ2) is 3.56. The fraction of sp³-hybridized carbons (Fsp3) is 0.400. The Kier molecular flexibility index (Phi) is 2.42. The molecular weight excluding hydrogens is 184 g/mol. The van der Waals surface area contributed by atoms with Gasteiger partial charge in [0.05, 0.1) is 0 Å². The monoisotopic (exact) mass is 196 g/mol. The van der Waals surface area contributed by atoms with Gasteiger partial charge in [0, 0.05) is 16.8 Å². The van der Waals surface area contributed by atoms with Crippen LogP contribution in [0.2, 0.25) is 5.02 Å². The molecule has 0 unspecified atom stereocenters. The molecule has 1 aromatic carbocycles. The summed E-state index contributed by atoms with van der Waals surface area (Å²) in [5, 5.41) is 4.21. The van der Waals surface area contributed by atoms with Crippen LogP contribution in [0.3, 0.4) is 0 Å². The van der Waals surface area contributed by atoms with Gasteiger partial charge in [-0.1, -0.05) is 11.6 Å². The van der Waals surface area contributed by atoms with Crippen molar-refractivity contribution in [3.63, 3.8) is 0 Å². The molecule has 70 valence electrons. The smallest absolute Gasteiger partial charge is 0.0455 e. The van der Waals surface area contributed by atoms with E-state index in [9.17, 15) is 0 Å². The van der Waals surface area contributed by atoms with Crippen LogP contribution in [0.4, 0.5) is 5.69 Å². The first-order valence-corrected chi connectivity index (χ1v) is 4.93. The summed E-state index contributed by atoms with van der Waals surface area (Å²) in [7, 11) is 0. The van der Waals surface area contributed by atoms with Crippen LogP contribution in [0, 0.1) is 0 Å². The van der Waals surface area contributed by atoms with E-state index >= 15 is 0 Å². The van der Waals surface area contributed by atoms with Crippen molar-refractivity contribution in [1.82, 2.24) is 5.32 Å². The number of rotatable bonds is 1. The Bertz CT molecular complexity index is 306. The molecule has 3 heteroatoms. The molecule has 0 spiro atoms. The molecule has 13 heavy (non-hydrogen) atoms. The van der Waals surface area contributed by atoms with Crippen molar-refractivity contribution in [3.05, 3.63) is 28.8 Å². The molecule has 0 saturated carbocycles. The highest BCUT2D eigenvalue weighted by atomic mass is 35.5. The average molecular weight is 197 g/mol. The van der Waals surface area contributed by atoms with E-state index in [4.69, 9.17) is 17.3 Å². The van der Waals surface area contributed by atoms with E-state index in [0.29, 0.717) is 6.04 Å². The topological polar surface area (TPSA) is 38.0 Å². The fourth-order valence-electron chi connectivity index (χ4n) is 1.78. The van der Waals surface area contributed by atoms with Crippen molar-refractivity contribution >= 4 is 17.3 Å². The van der Waals surface area contributed by atoms with Gasteiger partial charge in [-0.25, -0.2) is 0 Å². The maximum atomic E-state index is 6.08. The predicted octanol–water partition coefficient (Wildman–Crippen LogP) is 2.35. The number of hydrogen-bond acceptors (Lipinski definition) is 2. The molecule has 1 aliphatic heterocycles. The largest absolute Gasteiger partial charge is 0.399 e. The highest BCUT2D eigenvalue weighted by Crippen LogP contribution is 2.30. The van der Waals surface area contributed by atoms with E-state index in [2.05, 4.69) is 5.32 Å². The number of nitrogen functional groups attached to an aromatic ring is 1. The standard InChI is InChI=1S/C10H13ClN2/c11-9-4-3-7(12)6-8(9)10-2-1-5-13-10/h3-4,6,10,13H,1-2,5,12H2/t10-/m1/s1. The third-order valence-electron chi connectivity index (χ3n) is 2.46. The molecule has 0 radical (unpaired) electrons. The minimum Gasteiger partial charge on any atom is -0.399 e. The number of nitrogens with two attached hydrogens (primary N) is 1. The lowest BCUT2D eigenvalue weighted by atomic mass is 10.0. The second-order valence-electron chi connectivity index (χ2n) is 3.43. The first kappa shape index (κ1) is 8.85. The molecule has 0 aromatic heterocycles. The Morgan fingerprint density at radius 3 is 3.00 bits per heavy atom. The lowest BCUT2D eigenvalue weighted by Gasteiger charge is -2.12. The Hall–Kier alpha value is -0.730. The van der Waals surface area contributed by atoms with Crippen LogP contribution in [0.5, 0.6) is 0 Å². The molecule has 1 heterocycles. The van der Waals surface area contributed by atoms with Gasteiger partial charge in [0.1, 0.15) is 0 Å². The minimum absolute atomic E-state index is 0.399. The van der Waals surface area contributed by atoms with Crippen LogP contribution in [0.15, 0.2) is 18.2 Å². The lowest BCUT2D eigenvalue weighted by molar-refractivity contribution is 0.648. The average Bonchev–Trinajstić information content (AvgIpc) is 2.61. The van der Waals surface area contributed by atoms with Crippen molar-refractivity contribution in [2.75, 3.05) is 12.3 Å². The Morgan fingerprint density at radius 2 is 2.31 bits per heavy atom. The van der Waals surface area contributed by atoms with E-state index in [0.717, 1.165) is 29.2 Å². The van der Waals surface area contributed by atoms with Crippen molar-refractivity contribution in [2.45, 2.75) is 18.9 Å². The van der Waals surface area contributed by atoms with Gasteiger partial charge in [-0.05, 0) is 43.1 Å². The van der Waals surface area contributed by atoms with Gasteiger partial charge in [-0.3, -0.25) is 0 Å². The fourth-order valence-corrected chi connectivity index (χ4v) is 2.03. The van der Waals surface area contributed by atoms with E-state index in [1.807, 2.05) is 18.2 Å².